The molecule has 1 aromatic rings. The van der Waals surface area contributed by atoms with Gasteiger partial charge in [-0.05, 0) is 44.2 Å². The van der Waals surface area contributed by atoms with E-state index in [0.29, 0.717) is 23.4 Å². The van der Waals surface area contributed by atoms with Crippen LogP contribution in [0.1, 0.15) is 31.7 Å². The fraction of sp³-hybridized carbons (Fsp3) is 0.571. The molecule has 5 heteroatoms. The second-order valence-electron chi connectivity index (χ2n) is 5.13. The van der Waals surface area contributed by atoms with Crippen LogP contribution >= 0.6 is 11.6 Å². The highest BCUT2D eigenvalue weighted by molar-refractivity contribution is 6.30. The first-order valence-electron chi connectivity index (χ1n) is 6.78. The largest absolute Gasteiger partial charge is 0.313 e. The number of nitrogens with zero attached hydrogens (tertiary/aromatic N) is 1. The van der Waals surface area contributed by atoms with Gasteiger partial charge in [0.15, 0.2) is 0 Å². The monoisotopic (exact) mass is 282 g/mol. The summed E-state index contributed by atoms with van der Waals surface area (Å²) in [4.78, 5) is 10.7. The average molecular weight is 283 g/mol. The molecule has 1 fully saturated rings. The fourth-order valence-electron chi connectivity index (χ4n) is 2.35. The molecule has 19 heavy (non-hydrogen) atoms. The Labute approximate surface area is 118 Å². The normalized spacial score (nSPS) is 16.3. The van der Waals surface area contributed by atoms with Gasteiger partial charge in [0.05, 0.1) is 4.92 Å². The van der Waals surface area contributed by atoms with E-state index in [1.807, 2.05) is 0 Å². The molecule has 0 radical (unpaired) electrons. The van der Waals surface area contributed by atoms with Crippen LogP contribution < -0.4 is 5.32 Å². The third-order valence-electron chi connectivity index (χ3n) is 3.53. The summed E-state index contributed by atoms with van der Waals surface area (Å²) in [5.74, 6) is 0.668. The molecule has 1 aliphatic rings. The number of rotatable bonds is 7. The standard InChI is InChI=1S/C14H19ClN2O2/c1-2-7-16-13(10-3-4-10)8-11-5-6-12(15)9-14(11)17(18)19/h5-6,9-10,13,16H,2-4,7-8H2,1H3. The van der Waals surface area contributed by atoms with Crippen molar-refractivity contribution >= 4 is 17.3 Å². The second kappa shape index (κ2) is 6.35. The maximum atomic E-state index is 11.1. The minimum absolute atomic E-state index is 0.136. The molecule has 1 saturated carbocycles. The highest BCUT2D eigenvalue weighted by Gasteiger charge is 2.32. The second-order valence-corrected chi connectivity index (χ2v) is 5.57. The third kappa shape index (κ3) is 3.91. The quantitative estimate of drug-likeness (QED) is 0.614. The Balaban J connectivity index is 2.13. The SMILES string of the molecule is CCCNC(Cc1ccc(Cl)cc1[N+](=O)[O-])C1CC1. The van der Waals surface area contributed by atoms with Crippen LogP contribution in [0.3, 0.4) is 0 Å². The van der Waals surface area contributed by atoms with Gasteiger partial charge < -0.3 is 5.32 Å². The van der Waals surface area contributed by atoms with E-state index in [2.05, 4.69) is 12.2 Å². The van der Waals surface area contributed by atoms with Crippen molar-refractivity contribution in [2.45, 2.75) is 38.6 Å². The van der Waals surface area contributed by atoms with Crippen molar-refractivity contribution in [3.63, 3.8) is 0 Å². The van der Waals surface area contributed by atoms with E-state index >= 15 is 0 Å². The van der Waals surface area contributed by atoms with Crippen LogP contribution in [0, 0.1) is 16.0 Å². The number of halogens is 1. The van der Waals surface area contributed by atoms with Crippen molar-refractivity contribution in [1.82, 2.24) is 5.32 Å². The number of benzene rings is 1. The molecule has 2 rings (SSSR count). The predicted molar refractivity (Wildman–Crippen MR) is 76.6 cm³/mol. The van der Waals surface area contributed by atoms with E-state index in [0.717, 1.165) is 18.5 Å². The first kappa shape index (κ1) is 14.3. The molecule has 1 N–H and O–H groups in total. The summed E-state index contributed by atoms with van der Waals surface area (Å²) >= 11 is 5.84. The number of nitro benzene ring substituents is 1. The van der Waals surface area contributed by atoms with E-state index < -0.39 is 0 Å². The molecule has 1 unspecified atom stereocenters. The number of nitro groups is 1. The Bertz CT molecular complexity index is 461. The molecular formula is C14H19ClN2O2. The average Bonchev–Trinajstić information content (AvgIpc) is 3.20. The minimum atomic E-state index is -0.342. The lowest BCUT2D eigenvalue weighted by Gasteiger charge is -2.18. The molecule has 0 bridgehead atoms. The molecule has 0 spiro atoms. The highest BCUT2D eigenvalue weighted by atomic mass is 35.5. The zero-order valence-corrected chi connectivity index (χ0v) is 11.8. The molecular weight excluding hydrogens is 264 g/mol. The van der Waals surface area contributed by atoms with Gasteiger partial charge in [-0.2, -0.15) is 0 Å². The Morgan fingerprint density at radius 1 is 1.53 bits per heavy atom. The maximum absolute atomic E-state index is 11.1. The summed E-state index contributed by atoms with van der Waals surface area (Å²) in [7, 11) is 0. The van der Waals surface area contributed by atoms with Crippen LogP contribution in [0.2, 0.25) is 5.02 Å². The molecule has 0 heterocycles. The minimum Gasteiger partial charge on any atom is -0.313 e. The third-order valence-corrected chi connectivity index (χ3v) is 3.77. The molecule has 0 amide bonds. The fourth-order valence-corrected chi connectivity index (χ4v) is 2.52. The van der Waals surface area contributed by atoms with Gasteiger partial charge in [-0.25, -0.2) is 0 Å². The summed E-state index contributed by atoms with van der Waals surface area (Å²) in [5, 5.41) is 15.0. The summed E-state index contributed by atoms with van der Waals surface area (Å²) in [6.45, 7) is 3.09. The predicted octanol–water partition coefficient (Wildman–Crippen LogP) is 3.57. The van der Waals surface area contributed by atoms with E-state index in [-0.39, 0.29) is 10.6 Å². The van der Waals surface area contributed by atoms with Gasteiger partial charge in [0.25, 0.3) is 5.69 Å². The topological polar surface area (TPSA) is 55.2 Å². The van der Waals surface area contributed by atoms with Crippen LogP contribution in [-0.2, 0) is 6.42 Å². The molecule has 1 aliphatic carbocycles. The first-order chi connectivity index (χ1) is 9.11. The Morgan fingerprint density at radius 2 is 2.26 bits per heavy atom. The number of hydrogen-bond acceptors (Lipinski definition) is 3. The smallest absolute Gasteiger partial charge is 0.274 e. The zero-order chi connectivity index (χ0) is 13.8. The van der Waals surface area contributed by atoms with Crippen molar-refractivity contribution in [2.24, 2.45) is 5.92 Å². The molecule has 1 aromatic carbocycles. The lowest BCUT2D eigenvalue weighted by molar-refractivity contribution is -0.385. The lowest BCUT2D eigenvalue weighted by atomic mass is 10.0. The van der Waals surface area contributed by atoms with Gasteiger partial charge in [0.2, 0.25) is 0 Å². The Hall–Kier alpha value is -1.13. The van der Waals surface area contributed by atoms with Crippen LogP contribution in [0.5, 0.6) is 0 Å². The molecule has 0 aromatic heterocycles. The van der Waals surface area contributed by atoms with Crippen molar-refractivity contribution < 1.29 is 4.92 Å². The van der Waals surface area contributed by atoms with Crippen LogP contribution in [0.4, 0.5) is 5.69 Å². The first-order valence-corrected chi connectivity index (χ1v) is 7.15. The van der Waals surface area contributed by atoms with Gasteiger partial charge in [-0.1, -0.05) is 24.6 Å². The lowest BCUT2D eigenvalue weighted by Crippen LogP contribution is -2.33. The van der Waals surface area contributed by atoms with Gasteiger partial charge in [-0.15, -0.1) is 0 Å². The highest BCUT2D eigenvalue weighted by Crippen LogP contribution is 2.35. The van der Waals surface area contributed by atoms with E-state index in [1.54, 1.807) is 12.1 Å². The van der Waals surface area contributed by atoms with Crippen molar-refractivity contribution in [2.75, 3.05) is 6.54 Å². The van der Waals surface area contributed by atoms with Crippen LogP contribution in [0.25, 0.3) is 0 Å². The van der Waals surface area contributed by atoms with Gasteiger partial charge in [0, 0.05) is 22.7 Å². The molecule has 104 valence electrons. The van der Waals surface area contributed by atoms with Crippen molar-refractivity contribution in [3.05, 3.63) is 38.9 Å². The van der Waals surface area contributed by atoms with E-state index in [1.165, 1.54) is 18.9 Å². The van der Waals surface area contributed by atoms with Crippen molar-refractivity contribution in [1.29, 1.82) is 0 Å². The number of hydrogen-bond donors (Lipinski definition) is 1. The van der Waals surface area contributed by atoms with Crippen molar-refractivity contribution in [3.8, 4) is 0 Å². The summed E-state index contributed by atoms with van der Waals surface area (Å²) in [6.07, 6.45) is 4.23. The van der Waals surface area contributed by atoms with Crippen LogP contribution in [0.15, 0.2) is 18.2 Å². The van der Waals surface area contributed by atoms with Gasteiger partial charge >= 0.3 is 0 Å². The summed E-state index contributed by atoms with van der Waals surface area (Å²) in [6, 6.07) is 5.30. The maximum Gasteiger partial charge on any atom is 0.274 e. The molecule has 4 nitrogen and oxygen atoms in total. The summed E-state index contributed by atoms with van der Waals surface area (Å²) < 4.78 is 0. The molecule has 0 saturated heterocycles. The Kier molecular flexibility index (Phi) is 4.77. The van der Waals surface area contributed by atoms with Crippen LogP contribution in [-0.4, -0.2) is 17.5 Å². The number of nitrogens with one attached hydrogen (secondary N) is 1. The molecule has 0 aliphatic heterocycles. The van der Waals surface area contributed by atoms with Gasteiger partial charge in [-0.3, -0.25) is 10.1 Å². The van der Waals surface area contributed by atoms with Gasteiger partial charge in [0.1, 0.15) is 0 Å². The van der Waals surface area contributed by atoms with E-state index in [4.69, 9.17) is 11.6 Å². The van der Waals surface area contributed by atoms with E-state index in [9.17, 15) is 10.1 Å². The Morgan fingerprint density at radius 3 is 2.84 bits per heavy atom. The summed E-state index contributed by atoms with van der Waals surface area (Å²) in [5.41, 5.74) is 0.909. The molecule has 1 atom stereocenters. The zero-order valence-electron chi connectivity index (χ0n) is 11.1.